The Morgan fingerprint density at radius 3 is 2.71 bits per heavy atom. The van der Waals surface area contributed by atoms with Crippen LogP contribution in [0.4, 0.5) is 0 Å². The SMILES string of the molecule is Brc1ccc(Sc2cnc3ccccn23)cc1. The summed E-state index contributed by atoms with van der Waals surface area (Å²) < 4.78 is 3.19. The first-order valence-electron chi connectivity index (χ1n) is 5.18. The van der Waals surface area contributed by atoms with Gasteiger partial charge in [-0.3, -0.25) is 4.40 Å². The average Bonchev–Trinajstić information content (AvgIpc) is 2.76. The second-order valence-electron chi connectivity index (χ2n) is 3.58. The lowest BCUT2D eigenvalue weighted by atomic mass is 10.4. The molecule has 3 rings (SSSR count). The molecule has 4 heteroatoms. The van der Waals surface area contributed by atoms with Crippen LogP contribution in [0, 0.1) is 0 Å². The van der Waals surface area contributed by atoms with Gasteiger partial charge in [-0.05, 0) is 36.4 Å². The zero-order valence-electron chi connectivity index (χ0n) is 8.88. The van der Waals surface area contributed by atoms with Gasteiger partial charge in [-0.15, -0.1) is 0 Å². The van der Waals surface area contributed by atoms with E-state index in [1.807, 2.05) is 42.7 Å². The lowest BCUT2D eigenvalue weighted by Gasteiger charge is -2.01. The molecule has 1 aromatic carbocycles. The number of hydrogen-bond donors (Lipinski definition) is 0. The highest BCUT2D eigenvalue weighted by Crippen LogP contribution is 2.28. The molecular weight excluding hydrogens is 296 g/mol. The molecule has 0 radical (unpaired) electrons. The molecular formula is C13H9BrN2S. The van der Waals surface area contributed by atoms with E-state index in [1.165, 1.54) is 4.90 Å². The maximum atomic E-state index is 4.37. The molecule has 2 heterocycles. The van der Waals surface area contributed by atoms with Gasteiger partial charge in [-0.1, -0.05) is 33.8 Å². The van der Waals surface area contributed by atoms with Crippen LogP contribution in [0.1, 0.15) is 0 Å². The average molecular weight is 305 g/mol. The van der Waals surface area contributed by atoms with Gasteiger partial charge in [-0.25, -0.2) is 4.98 Å². The van der Waals surface area contributed by atoms with Crippen LogP contribution in [0.2, 0.25) is 0 Å². The molecule has 0 fully saturated rings. The molecule has 84 valence electrons. The zero-order chi connectivity index (χ0) is 11.7. The standard InChI is InChI=1S/C13H9BrN2S/c14-10-4-6-11(7-5-10)17-13-9-15-12-3-1-2-8-16(12)13/h1-9H. The van der Waals surface area contributed by atoms with E-state index in [-0.39, 0.29) is 0 Å². The molecule has 0 unspecified atom stereocenters. The third kappa shape index (κ3) is 2.23. The lowest BCUT2D eigenvalue weighted by molar-refractivity contribution is 1.05. The van der Waals surface area contributed by atoms with Crippen molar-refractivity contribution in [2.45, 2.75) is 9.92 Å². The minimum Gasteiger partial charge on any atom is -0.294 e. The summed E-state index contributed by atoms with van der Waals surface area (Å²) in [5.41, 5.74) is 0.979. The monoisotopic (exact) mass is 304 g/mol. The van der Waals surface area contributed by atoms with Gasteiger partial charge in [0.2, 0.25) is 0 Å². The quantitative estimate of drug-likeness (QED) is 0.704. The topological polar surface area (TPSA) is 17.3 Å². The minimum absolute atomic E-state index is 0.979. The van der Waals surface area contributed by atoms with Crippen molar-refractivity contribution in [2.75, 3.05) is 0 Å². The number of nitrogens with zero attached hydrogens (tertiary/aromatic N) is 2. The first-order chi connectivity index (χ1) is 8.33. The highest BCUT2D eigenvalue weighted by molar-refractivity contribution is 9.10. The number of rotatable bonds is 2. The van der Waals surface area contributed by atoms with E-state index >= 15 is 0 Å². The Morgan fingerprint density at radius 2 is 1.88 bits per heavy atom. The van der Waals surface area contributed by atoms with E-state index in [0.29, 0.717) is 0 Å². The molecule has 0 aliphatic heterocycles. The van der Waals surface area contributed by atoms with Crippen molar-refractivity contribution in [2.24, 2.45) is 0 Å². The lowest BCUT2D eigenvalue weighted by Crippen LogP contribution is -1.84. The van der Waals surface area contributed by atoms with Crippen LogP contribution < -0.4 is 0 Å². The number of benzene rings is 1. The number of halogens is 1. The normalized spacial score (nSPS) is 10.9. The molecule has 0 aliphatic carbocycles. The van der Waals surface area contributed by atoms with E-state index in [9.17, 15) is 0 Å². The summed E-state index contributed by atoms with van der Waals surface area (Å²) in [6.45, 7) is 0. The second kappa shape index (κ2) is 4.55. The smallest absolute Gasteiger partial charge is 0.137 e. The van der Waals surface area contributed by atoms with E-state index in [0.717, 1.165) is 15.1 Å². The maximum Gasteiger partial charge on any atom is 0.137 e. The van der Waals surface area contributed by atoms with Gasteiger partial charge in [0.15, 0.2) is 0 Å². The zero-order valence-corrected chi connectivity index (χ0v) is 11.3. The third-order valence-electron chi connectivity index (χ3n) is 2.42. The van der Waals surface area contributed by atoms with E-state index in [2.05, 4.69) is 37.4 Å². The Bertz CT molecular complexity index is 646. The van der Waals surface area contributed by atoms with Gasteiger partial charge in [0.25, 0.3) is 0 Å². The Morgan fingerprint density at radius 1 is 1.06 bits per heavy atom. The van der Waals surface area contributed by atoms with Gasteiger partial charge in [0, 0.05) is 15.6 Å². The second-order valence-corrected chi connectivity index (χ2v) is 5.59. The summed E-state index contributed by atoms with van der Waals surface area (Å²) in [6.07, 6.45) is 3.94. The Labute approximate surface area is 112 Å². The summed E-state index contributed by atoms with van der Waals surface area (Å²) >= 11 is 5.15. The van der Waals surface area contributed by atoms with E-state index in [4.69, 9.17) is 0 Å². The largest absolute Gasteiger partial charge is 0.294 e. The summed E-state index contributed by atoms with van der Waals surface area (Å²) in [4.78, 5) is 5.57. The summed E-state index contributed by atoms with van der Waals surface area (Å²) in [5, 5.41) is 1.13. The van der Waals surface area contributed by atoms with Gasteiger partial charge in [0.05, 0.1) is 6.20 Å². The van der Waals surface area contributed by atoms with Crippen LogP contribution in [0.3, 0.4) is 0 Å². The Hall–Kier alpha value is -1.26. The molecule has 0 N–H and O–H groups in total. The molecule has 0 atom stereocenters. The summed E-state index contributed by atoms with van der Waals surface area (Å²) in [5.74, 6) is 0. The fourth-order valence-corrected chi connectivity index (χ4v) is 2.74. The van der Waals surface area contributed by atoms with Crippen LogP contribution in [-0.2, 0) is 0 Å². The summed E-state index contributed by atoms with van der Waals surface area (Å²) in [7, 11) is 0. The van der Waals surface area contributed by atoms with Gasteiger partial charge in [0.1, 0.15) is 10.7 Å². The van der Waals surface area contributed by atoms with E-state index in [1.54, 1.807) is 11.8 Å². The number of imidazole rings is 1. The van der Waals surface area contributed by atoms with Crippen molar-refractivity contribution >= 4 is 33.3 Å². The van der Waals surface area contributed by atoms with Crippen molar-refractivity contribution in [3.8, 4) is 0 Å². The van der Waals surface area contributed by atoms with E-state index < -0.39 is 0 Å². The minimum atomic E-state index is 0.979. The van der Waals surface area contributed by atoms with Crippen molar-refractivity contribution in [3.05, 3.63) is 59.3 Å². The molecule has 0 amide bonds. The molecule has 0 bridgehead atoms. The molecule has 3 aromatic rings. The number of hydrogen-bond acceptors (Lipinski definition) is 2. The van der Waals surface area contributed by atoms with Crippen molar-refractivity contribution in [1.82, 2.24) is 9.38 Å². The van der Waals surface area contributed by atoms with Crippen molar-refractivity contribution in [1.29, 1.82) is 0 Å². The van der Waals surface area contributed by atoms with Gasteiger partial charge >= 0.3 is 0 Å². The predicted molar refractivity (Wildman–Crippen MR) is 73.5 cm³/mol. The fourth-order valence-electron chi connectivity index (χ4n) is 1.61. The van der Waals surface area contributed by atoms with Crippen molar-refractivity contribution < 1.29 is 0 Å². The number of aromatic nitrogens is 2. The highest BCUT2D eigenvalue weighted by Gasteiger charge is 2.03. The molecule has 2 aromatic heterocycles. The van der Waals surface area contributed by atoms with Crippen LogP contribution in [0.5, 0.6) is 0 Å². The molecule has 0 aliphatic rings. The number of fused-ring (bicyclic) bond motifs is 1. The van der Waals surface area contributed by atoms with Crippen LogP contribution in [0.25, 0.3) is 5.65 Å². The first kappa shape index (κ1) is 10.9. The highest BCUT2D eigenvalue weighted by atomic mass is 79.9. The Balaban J connectivity index is 1.97. The molecule has 0 saturated carbocycles. The number of pyridine rings is 1. The fraction of sp³-hybridized carbons (Fsp3) is 0. The molecule has 0 spiro atoms. The molecule has 2 nitrogen and oxygen atoms in total. The predicted octanol–water partition coefficient (Wildman–Crippen LogP) is 4.25. The first-order valence-corrected chi connectivity index (χ1v) is 6.79. The van der Waals surface area contributed by atoms with Crippen LogP contribution in [-0.4, -0.2) is 9.38 Å². The van der Waals surface area contributed by atoms with Crippen LogP contribution in [0.15, 0.2) is 69.3 Å². The molecule has 17 heavy (non-hydrogen) atoms. The van der Waals surface area contributed by atoms with Crippen molar-refractivity contribution in [3.63, 3.8) is 0 Å². The van der Waals surface area contributed by atoms with Gasteiger partial charge < -0.3 is 0 Å². The maximum absolute atomic E-state index is 4.37. The Kier molecular flexibility index (Phi) is 2.91. The van der Waals surface area contributed by atoms with Crippen LogP contribution >= 0.6 is 27.7 Å². The third-order valence-corrected chi connectivity index (χ3v) is 3.97. The molecule has 0 saturated heterocycles. The summed E-state index contributed by atoms with van der Waals surface area (Å²) in [6, 6.07) is 14.3. The van der Waals surface area contributed by atoms with Gasteiger partial charge in [-0.2, -0.15) is 0 Å².